The molecule has 2 aromatic rings. The molecule has 0 saturated heterocycles. The molecule has 2 aromatic carbocycles. The van der Waals surface area contributed by atoms with Crippen LogP contribution in [0.25, 0.3) is 0 Å². The first kappa shape index (κ1) is 14.0. The predicted octanol–water partition coefficient (Wildman–Crippen LogP) is 4.51. The van der Waals surface area contributed by atoms with Gasteiger partial charge in [0.25, 0.3) is 0 Å². The van der Waals surface area contributed by atoms with Crippen LogP contribution in [0, 0.1) is 0 Å². The molecule has 4 aliphatic carbocycles. The number of halogens is 2. The van der Waals surface area contributed by atoms with Crippen LogP contribution in [0.4, 0.5) is 0 Å². The molecule has 104 valence electrons. The number of phenols is 2. The summed E-state index contributed by atoms with van der Waals surface area (Å²) in [6.45, 7) is 0. The Balaban J connectivity index is 2.11. The fourth-order valence-corrected chi connectivity index (χ4v) is 3.79. The van der Waals surface area contributed by atoms with Crippen LogP contribution in [0.5, 0.6) is 11.5 Å². The summed E-state index contributed by atoms with van der Waals surface area (Å²) in [6, 6.07) is 7.68. The number of phenolic OH excluding ortho intramolecular Hbond substituents is 2. The normalized spacial score (nSPS) is 14.1. The molecule has 4 aliphatic rings. The van der Waals surface area contributed by atoms with Crippen LogP contribution in [0.1, 0.15) is 22.3 Å². The van der Waals surface area contributed by atoms with Gasteiger partial charge in [0.05, 0.1) is 0 Å². The van der Waals surface area contributed by atoms with E-state index in [0.29, 0.717) is 24.3 Å². The zero-order valence-electron chi connectivity index (χ0n) is 10.8. The van der Waals surface area contributed by atoms with E-state index in [9.17, 15) is 10.2 Å². The number of aromatic hydroxyl groups is 2. The van der Waals surface area contributed by atoms with Crippen molar-refractivity contribution in [2.45, 2.75) is 25.7 Å². The van der Waals surface area contributed by atoms with Crippen molar-refractivity contribution in [3.8, 4) is 11.5 Å². The lowest BCUT2D eigenvalue weighted by atomic mass is 9.95. The van der Waals surface area contributed by atoms with Gasteiger partial charge in [-0.15, -0.1) is 0 Å². The van der Waals surface area contributed by atoms with Gasteiger partial charge >= 0.3 is 0 Å². The number of aryl methyl sites for hydroxylation is 4. The molecule has 6 rings (SSSR count). The molecule has 0 fully saturated rings. The molecule has 0 radical (unpaired) electrons. The van der Waals surface area contributed by atoms with E-state index >= 15 is 0 Å². The highest BCUT2D eigenvalue weighted by molar-refractivity contribution is 9.10. The smallest absolute Gasteiger partial charge is 0.119 e. The van der Waals surface area contributed by atoms with Gasteiger partial charge in [-0.25, -0.2) is 0 Å². The van der Waals surface area contributed by atoms with Crippen molar-refractivity contribution in [3.63, 3.8) is 0 Å². The largest absolute Gasteiger partial charge is 0.508 e. The first-order chi connectivity index (χ1) is 9.54. The van der Waals surface area contributed by atoms with E-state index in [4.69, 9.17) is 0 Å². The second-order valence-corrected chi connectivity index (χ2v) is 6.85. The van der Waals surface area contributed by atoms with Crippen LogP contribution in [-0.4, -0.2) is 10.2 Å². The van der Waals surface area contributed by atoms with Crippen molar-refractivity contribution in [1.82, 2.24) is 0 Å². The average Bonchev–Trinajstić information content (AvgIpc) is 2.40. The van der Waals surface area contributed by atoms with Crippen LogP contribution < -0.4 is 0 Å². The molecule has 0 saturated carbocycles. The molecule has 2 nitrogen and oxygen atoms in total. The van der Waals surface area contributed by atoms with Crippen LogP contribution >= 0.6 is 31.9 Å². The van der Waals surface area contributed by atoms with E-state index in [1.165, 1.54) is 0 Å². The van der Waals surface area contributed by atoms with Crippen LogP contribution in [0.15, 0.2) is 33.2 Å². The van der Waals surface area contributed by atoms with Crippen LogP contribution in [0.3, 0.4) is 0 Å². The molecule has 0 aliphatic heterocycles. The molecule has 20 heavy (non-hydrogen) atoms. The predicted molar refractivity (Wildman–Crippen MR) is 86.4 cm³/mol. The topological polar surface area (TPSA) is 40.5 Å². The zero-order valence-corrected chi connectivity index (χ0v) is 14.0. The van der Waals surface area contributed by atoms with Crippen LogP contribution in [0.2, 0.25) is 0 Å². The van der Waals surface area contributed by atoms with Gasteiger partial charge in [0, 0.05) is 8.95 Å². The highest BCUT2D eigenvalue weighted by atomic mass is 79.9. The zero-order chi connectivity index (χ0) is 14.3. The Morgan fingerprint density at radius 2 is 0.950 bits per heavy atom. The van der Waals surface area contributed by atoms with Gasteiger partial charge in [-0.2, -0.15) is 0 Å². The number of hydrogen-bond acceptors (Lipinski definition) is 2. The monoisotopic (exact) mass is 396 g/mol. The maximum absolute atomic E-state index is 10.1. The highest BCUT2D eigenvalue weighted by Gasteiger charge is 2.14. The Morgan fingerprint density at radius 3 is 1.35 bits per heavy atom. The van der Waals surface area contributed by atoms with Crippen LogP contribution in [-0.2, 0) is 25.7 Å². The fraction of sp³-hybridized carbons (Fsp3) is 0.250. The summed E-state index contributed by atoms with van der Waals surface area (Å²) in [5, 5.41) is 20.2. The van der Waals surface area contributed by atoms with E-state index in [1.54, 1.807) is 0 Å². The number of hydrogen-bond donors (Lipinski definition) is 2. The molecule has 4 bridgehead atoms. The number of benzene rings is 2. The van der Waals surface area contributed by atoms with Crippen molar-refractivity contribution < 1.29 is 10.2 Å². The van der Waals surface area contributed by atoms with E-state index in [2.05, 4.69) is 31.9 Å². The van der Waals surface area contributed by atoms with E-state index in [0.717, 1.165) is 44.0 Å². The summed E-state index contributed by atoms with van der Waals surface area (Å²) in [4.78, 5) is 0. The minimum atomic E-state index is 0.344. The third kappa shape index (κ3) is 2.59. The Kier molecular flexibility index (Phi) is 3.78. The molecule has 0 aromatic heterocycles. The van der Waals surface area contributed by atoms with E-state index < -0.39 is 0 Å². The molecule has 0 heterocycles. The minimum Gasteiger partial charge on any atom is -0.508 e. The van der Waals surface area contributed by atoms with Gasteiger partial charge in [0.2, 0.25) is 0 Å². The SMILES string of the molecule is Oc1cc2c(Br)cc1CCc1cc(Br)c(cc1O)CC2. The summed E-state index contributed by atoms with van der Waals surface area (Å²) in [7, 11) is 0. The lowest BCUT2D eigenvalue weighted by molar-refractivity contribution is 0.460. The Morgan fingerprint density at radius 1 is 0.600 bits per heavy atom. The maximum Gasteiger partial charge on any atom is 0.119 e. The van der Waals surface area contributed by atoms with Gasteiger partial charge in [-0.3, -0.25) is 0 Å². The third-order valence-electron chi connectivity index (χ3n) is 3.82. The molecule has 0 amide bonds. The summed E-state index contributed by atoms with van der Waals surface area (Å²) in [5.41, 5.74) is 3.98. The van der Waals surface area contributed by atoms with Gasteiger partial charge in [-0.1, -0.05) is 31.9 Å². The summed E-state index contributed by atoms with van der Waals surface area (Å²) in [5.74, 6) is 0.688. The minimum absolute atomic E-state index is 0.344. The van der Waals surface area contributed by atoms with E-state index in [-0.39, 0.29) is 0 Å². The lowest BCUT2D eigenvalue weighted by Gasteiger charge is -2.15. The maximum atomic E-state index is 10.1. The van der Waals surface area contributed by atoms with Gasteiger partial charge < -0.3 is 10.2 Å². The molecule has 4 heteroatoms. The van der Waals surface area contributed by atoms with Crippen molar-refractivity contribution in [2.24, 2.45) is 0 Å². The third-order valence-corrected chi connectivity index (χ3v) is 5.30. The van der Waals surface area contributed by atoms with Crippen molar-refractivity contribution >= 4 is 31.9 Å². The molecular formula is C16H14Br2O2. The Hall–Kier alpha value is -1.00. The average molecular weight is 398 g/mol. The van der Waals surface area contributed by atoms with E-state index in [1.807, 2.05) is 24.3 Å². The fourth-order valence-electron chi connectivity index (χ4n) is 2.61. The quantitative estimate of drug-likeness (QED) is 0.686. The lowest BCUT2D eigenvalue weighted by Crippen LogP contribution is -2.01. The van der Waals surface area contributed by atoms with Crippen molar-refractivity contribution in [2.75, 3.05) is 0 Å². The molecule has 0 atom stereocenters. The first-order valence-corrected chi connectivity index (χ1v) is 8.13. The summed E-state index contributed by atoms with van der Waals surface area (Å²) >= 11 is 7.17. The number of rotatable bonds is 0. The van der Waals surface area contributed by atoms with Gasteiger partial charge in [-0.05, 0) is 72.2 Å². The standard InChI is InChI=1S/C16H14Br2O2/c17-13-5-11-3-4-12-6-14(18)10(8-16(12)20)2-1-9(13)7-15(11)19/h5-8,19-20H,1-4H2. The molecular weight excluding hydrogens is 384 g/mol. The summed E-state index contributed by atoms with van der Waals surface area (Å²) in [6.07, 6.45) is 3.02. The Labute approximate surface area is 134 Å². The summed E-state index contributed by atoms with van der Waals surface area (Å²) < 4.78 is 2.08. The van der Waals surface area contributed by atoms with Gasteiger partial charge in [0.1, 0.15) is 11.5 Å². The Bertz CT molecular complexity index is 562. The van der Waals surface area contributed by atoms with Gasteiger partial charge in [0.15, 0.2) is 0 Å². The second kappa shape index (κ2) is 5.41. The van der Waals surface area contributed by atoms with Crippen molar-refractivity contribution in [3.05, 3.63) is 55.5 Å². The molecule has 0 unspecified atom stereocenters. The van der Waals surface area contributed by atoms with Crippen molar-refractivity contribution in [1.29, 1.82) is 0 Å². The highest BCUT2D eigenvalue weighted by Crippen LogP contribution is 2.33. The molecule has 0 spiro atoms. The molecule has 2 N–H and O–H groups in total. The first-order valence-electron chi connectivity index (χ1n) is 6.55. The second-order valence-electron chi connectivity index (χ2n) is 5.14.